The molecule has 3 nitrogen and oxygen atoms in total. The molecule has 0 fully saturated rings. The van der Waals surface area contributed by atoms with E-state index in [9.17, 15) is 0 Å². The lowest BCUT2D eigenvalue weighted by atomic mass is 10.1. The van der Waals surface area contributed by atoms with Crippen LogP contribution in [0, 0.1) is 0 Å². The number of rotatable bonds is 2. The number of hydrogen-bond donors (Lipinski definition) is 0. The highest BCUT2D eigenvalue weighted by atomic mass is 14.8. The van der Waals surface area contributed by atoms with Gasteiger partial charge < -0.3 is 0 Å². The summed E-state index contributed by atoms with van der Waals surface area (Å²) in [5.74, 6) is 0. The first-order valence-corrected chi connectivity index (χ1v) is 5.56. The fourth-order valence-corrected chi connectivity index (χ4v) is 1.72. The molecule has 0 saturated carbocycles. The summed E-state index contributed by atoms with van der Waals surface area (Å²) in [5.41, 5.74) is 2.46. The summed E-state index contributed by atoms with van der Waals surface area (Å²) in [6.45, 7) is 0. The molecule has 0 saturated heterocycles. The minimum atomic E-state index is 0.339. The van der Waals surface area contributed by atoms with E-state index in [1.807, 2.05) is 18.2 Å². The molecule has 0 radical (unpaired) electrons. The molecule has 0 bridgehead atoms. The van der Waals surface area contributed by atoms with Crippen LogP contribution in [0.15, 0.2) is 67.1 Å². The lowest BCUT2D eigenvalue weighted by Crippen LogP contribution is -1.92. The van der Waals surface area contributed by atoms with E-state index in [2.05, 4.69) is 15.0 Å². The number of pyridine rings is 3. The summed E-state index contributed by atoms with van der Waals surface area (Å²) in [7, 11) is 0. The van der Waals surface area contributed by atoms with Gasteiger partial charge in [-0.2, -0.15) is 0 Å². The van der Waals surface area contributed by atoms with Gasteiger partial charge >= 0.3 is 0 Å². The summed E-state index contributed by atoms with van der Waals surface area (Å²) in [4.78, 5) is 12.8. The van der Waals surface area contributed by atoms with E-state index in [1.54, 1.807) is 36.8 Å². The molecule has 0 atom stereocenters. The minimum Gasteiger partial charge on any atom is -0.256 e. The van der Waals surface area contributed by atoms with Crippen molar-refractivity contribution in [2.75, 3.05) is 0 Å². The monoisotopic (exact) mass is 235 g/mol. The molecule has 0 aliphatic carbocycles. The number of hydrogen-bond acceptors (Lipinski definition) is 3. The molecule has 0 spiro atoms. The maximum absolute atomic E-state index is 8.10. The minimum absolute atomic E-state index is 0.339. The predicted octanol–water partition coefficient (Wildman–Crippen LogP) is 3.21. The lowest BCUT2D eigenvalue weighted by molar-refractivity contribution is 1.23. The molecule has 0 N–H and O–H groups in total. The molecule has 3 heteroatoms. The van der Waals surface area contributed by atoms with Gasteiger partial charge in [0.15, 0.2) is 0 Å². The van der Waals surface area contributed by atoms with E-state index in [1.165, 1.54) is 0 Å². The summed E-state index contributed by atoms with van der Waals surface area (Å²) >= 11 is 0. The first-order chi connectivity index (χ1) is 9.75. The van der Waals surface area contributed by atoms with Crippen LogP contribution in [-0.2, 0) is 0 Å². The van der Waals surface area contributed by atoms with E-state index in [0.29, 0.717) is 34.7 Å². The maximum Gasteiger partial charge on any atom is 0.0980 e. The van der Waals surface area contributed by atoms with Crippen molar-refractivity contribution in [3.63, 3.8) is 0 Å². The van der Waals surface area contributed by atoms with Crippen LogP contribution in [0.2, 0.25) is 0 Å². The zero-order valence-corrected chi connectivity index (χ0v) is 9.54. The largest absolute Gasteiger partial charge is 0.256 e. The Bertz CT molecular complexity index is 745. The molecule has 3 aromatic heterocycles. The van der Waals surface area contributed by atoms with Crippen molar-refractivity contribution in [3.8, 4) is 22.6 Å². The summed E-state index contributed by atoms with van der Waals surface area (Å²) in [5, 5.41) is 0. The SMILES string of the molecule is [2H]c1ccnc(-c2nccc([2H])c2-c2ccccn2)c1. The fraction of sp³-hybridized carbons (Fsp3) is 0. The summed E-state index contributed by atoms with van der Waals surface area (Å²) in [6, 6.07) is 11.1. The molecular formula is C15H11N3. The van der Waals surface area contributed by atoms with E-state index >= 15 is 0 Å². The quantitative estimate of drug-likeness (QED) is 0.684. The second-order valence-electron chi connectivity index (χ2n) is 3.67. The van der Waals surface area contributed by atoms with Crippen LogP contribution in [-0.4, -0.2) is 15.0 Å². The maximum atomic E-state index is 8.10. The van der Waals surface area contributed by atoms with Gasteiger partial charge in [0.05, 0.1) is 19.8 Å². The average molecular weight is 235 g/mol. The van der Waals surface area contributed by atoms with E-state index in [0.717, 1.165) is 0 Å². The highest BCUT2D eigenvalue weighted by Crippen LogP contribution is 2.26. The van der Waals surface area contributed by atoms with Crippen LogP contribution in [0.1, 0.15) is 2.74 Å². The van der Waals surface area contributed by atoms with E-state index in [4.69, 9.17) is 2.74 Å². The highest BCUT2D eigenvalue weighted by molar-refractivity contribution is 5.76. The smallest absolute Gasteiger partial charge is 0.0980 e. The Kier molecular flexibility index (Phi) is 2.25. The van der Waals surface area contributed by atoms with Gasteiger partial charge in [0.2, 0.25) is 0 Å². The molecule has 3 heterocycles. The third-order valence-corrected chi connectivity index (χ3v) is 2.51. The van der Waals surface area contributed by atoms with Crippen LogP contribution in [0.5, 0.6) is 0 Å². The molecule has 0 amide bonds. The Hall–Kier alpha value is -2.55. The van der Waals surface area contributed by atoms with Crippen molar-refractivity contribution in [1.82, 2.24) is 15.0 Å². The van der Waals surface area contributed by atoms with Gasteiger partial charge in [-0.05, 0) is 36.4 Å². The van der Waals surface area contributed by atoms with Crippen molar-refractivity contribution < 1.29 is 2.74 Å². The van der Waals surface area contributed by atoms with Crippen molar-refractivity contribution in [2.24, 2.45) is 0 Å². The molecule has 0 unspecified atom stereocenters. The molecule has 0 aromatic carbocycles. The van der Waals surface area contributed by atoms with Gasteiger partial charge in [-0.15, -0.1) is 0 Å². The van der Waals surface area contributed by atoms with Gasteiger partial charge in [0.25, 0.3) is 0 Å². The Balaban J connectivity index is 2.25. The number of nitrogens with zero attached hydrogens (tertiary/aromatic N) is 3. The van der Waals surface area contributed by atoms with Crippen LogP contribution in [0.3, 0.4) is 0 Å². The second kappa shape index (κ2) is 4.75. The van der Waals surface area contributed by atoms with Crippen molar-refractivity contribution in [3.05, 3.63) is 67.1 Å². The first kappa shape index (κ1) is 8.53. The summed E-state index contributed by atoms with van der Waals surface area (Å²) in [6.07, 6.45) is 4.82. The predicted molar refractivity (Wildman–Crippen MR) is 70.7 cm³/mol. The van der Waals surface area contributed by atoms with Gasteiger partial charge in [-0.25, -0.2) is 0 Å². The third-order valence-electron chi connectivity index (χ3n) is 2.51. The van der Waals surface area contributed by atoms with Crippen LogP contribution in [0.4, 0.5) is 0 Å². The Morgan fingerprint density at radius 3 is 2.44 bits per heavy atom. The molecule has 18 heavy (non-hydrogen) atoms. The first-order valence-electron chi connectivity index (χ1n) is 6.56. The van der Waals surface area contributed by atoms with Crippen molar-refractivity contribution in [1.29, 1.82) is 0 Å². The zero-order valence-electron chi connectivity index (χ0n) is 11.5. The van der Waals surface area contributed by atoms with Crippen molar-refractivity contribution >= 4 is 0 Å². The van der Waals surface area contributed by atoms with E-state index in [-0.39, 0.29) is 0 Å². The van der Waals surface area contributed by atoms with Crippen molar-refractivity contribution in [2.45, 2.75) is 0 Å². The van der Waals surface area contributed by atoms with Gasteiger partial charge in [0.1, 0.15) is 0 Å². The van der Waals surface area contributed by atoms with E-state index < -0.39 is 0 Å². The second-order valence-corrected chi connectivity index (χ2v) is 3.67. The topological polar surface area (TPSA) is 38.7 Å². The molecule has 3 rings (SSSR count). The molecular weight excluding hydrogens is 222 g/mol. The number of aromatic nitrogens is 3. The van der Waals surface area contributed by atoms with Crippen LogP contribution < -0.4 is 0 Å². The lowest BCUT2D eigenvalue weighted by Gasteiger charge is -2.06. The zero-order chi connectivity index (χ0) is 13.9. The molecule has 3 aromatic rings. The van der Waals surface area contributed by atoms with Gasteiger partial charge in [0, 0.05) is 24.2 Å². The Morgan fingerprint density at radius 2 is 1.61 bits per heavy atom. The third kappa shape index (κ3) is 1.98. The molecule has 0 aliphatic heterocycles. The standard InChI is InChI=1S/C15H11N3/c1-3-9-16-13(7-1)12-6-5-11-18-15(12)14-8-2-4-10-17-14/h1-11H/i2D,6D. The average Bonchev–Trinajstić information content (AvgIpc) is 2.48. The highest BCUT2D eigenvalue weighted by Gasteiger charge is 2.09. The van der Waals surface area contributed by atoms with Crippen LogP contribution in [0.25, 0.3) is 22.6 Å². The van der Waals surface area contributed by atoms with Gasteiger partial charge in [-0.1, -0.05) is 12.1 Å². The molecule has 0 aliphatic rings. The normalized spacial score (nSPS) is 11.8. The summed E-state index contributed by atoms with van der Waals surface area (Å²) < 4.78 is 15.8. The Morgan fingerprint density at radius 1 is 0.778 bits per heavy atom. The van der Waals surface area contributed by atoms with Gasteiger partial charge in [-0.3, -0.25) is 15.0 Å². The molecule has 86 valence electrons. The van der Waals surface area contributed by atoms with Crippen LogP contribution >= 0.6 is 0 Å². The Labute approximate surface area is 108 Å². The fourth-order valence-electron chi connectivity index (χ4n) is 1.72.